The molecule has 1 aliphatic heterocycles. The molecule has 1 aliphatic rings. The van der Waals surface area contributed by atoms with E-state index in [-0.39, 0.29) is 6.61 Å². The quantitative estimate of drug-likeness (QED) is 0.365. The number of carbonyl (C=O) groups is 2. The van der Waals surface area contributed by atoms with Gasteiger partial charge in [0, 0.05) is 0 Å². The smallest absolute Gasteiger partial charge is 0.338 e. The van der Waals surface area contributed by atoms with E-state index < -0.39 is 48.4 Å². The number of carbonyl (C=O) groups excluding carboxylic acids is 2. The molecule has 182 valence electrons. The van der Waals surface area contributed by atoms with Gasteiger partial charge in [-0.3, -0.25) is 0 Å². The molecule has 4 rings (SSSR count). The first-order valence-electron chi connectivity index (χ1n) is 11.2. The lowest BCUT2D eigenvalue weighted by Crippen LogP contribution is -2.60. The minimum absolute atomic E-state index is 0.168. The zero-order chi connectivity index (χ0) is 24.6. The van der Waals surface area contributed by atoms with Crippen molar-refractivity contribution in [2.75, 3.05) is 6.61 Å². The van der Waals surface area contributed by atoms with Gasteiger partial charge in [0.2, 0.25) is 0 Å². The van der Waals surface area contributed by atoms with Crippen LogP contribution in [0.4, 0.5) is 0 Å². The Hall–Kier alpha value is -3.17. The van der Waals surface area contributed by atoms with Crippen LogP contribution in [0, 0.1) is 0 Å². The number of thiol groups is 1. The van der Waals surface area contributed by atoms with E-state index in [2.05, 4.69) is 12.6 Å². The van der Waals surface area contributed by atoms with E-state index >= 15 is 0 Å². The van der Waals surface area contributed by atoms with Crippen LogP contribution in [0.1, 0.15) is 26.3 Å². The molecule has 1 fully saturated rings. The highest BCUT2D eigenvalue weighted by molar-refractivity contribution is 7.80. The summed E-state index contributed by atoms with van der Waals surface area (Å²) in [5.41, 5.74) is 0.561. The molecule has 8 heteroatoms. The minimum atomic E-state index is -1.10. The van der Waals surface area contributed by atoms with Crippen molar-refractivity contribution >= 4 is 24.6 Å². The van der Waals surface area contributed by atoms with Crippen LogP contribution >= 0.6 is 12.6 Å². The molecule has 0 spiro atoms. The molecule has 3 aromatic carbocycles. The van der Waals surface area contributed by atoms with Crippen LogP contribution in [0.15, 0.2) is 91.0 Å². The van der Waals surface area contributed by atoms with Crippen LogP contribution < -0.4 is 0 Å². The van der Waals surface area contributed by atoms with Gasteiger partial charge in [-0.25, -0.2) is 9.59 Å². The fourth-order valence-corrected chi connectivity index (χ4v) is 4.19. The second kappa shape index (κ2) is 12.0. The maximum atomic E-state index is 13.0. The Bertz CT molecular complexity index is 1090. The average Bonchev–Trinajstić information content (AvgIpc) is 2.91. The zero-order valence-corrected chi connectivity index (χ0v) is 19.7. The lowest BCUT2D eigenvalue weighted by atomic mass is 9.99. The Morgan fingerprint density at radius 1 is 0.743 bits per heavy atom. The van der Waals surface area contributed by atoms with Gasteiger partial charge >= 0.3 is 11.9 Å². The predicted octanol–water partition coefficient (Wildman–Crippen LogP) is 3.67. The third kappa shape index (κ3) is 6.29. The van der Waals surface area contributed by atoms with E-state index in [1.165, 1.54) is 0 Å². The van der Waals surface area contributed by atoms with E-state index in [0.717, 1.165) is 5.56 Å². The molecular weight excluding hydrogens is 468 g/mol. The van der Waals surface area contributed by atoms with E-state index in [0.29, 0.717) is 11.1 Å². The lowest BCUT2D eigenvalue weighted by Gasteiger charge is -2.43. The Labute approximate surface area is 209 Å². The van der Waals surface area contributed by atoms with Crippen molar-refractivity contribution in [3.8, 4) is 0 Å². The van der Waals surface area contributed by atoms with Crippen molar-refractivity contribution in [2.45, 2.75) is 36.5 Å². The van der Waals surface area contributed by atoms with E-state index in [9.17, 15) is 14.7 Å². The first kappa shape index (κ1) is 24.9. The third-order valence-electron chi connectivity index (χ3n) is 5.58. The first-order valence-corrected chi connectivity index (χ1v) is 11.7. The summed E-state index contributed by atoms with van der Waals surface area (Å²) in [6.07, 6.45) is -3.97. The molecule has 3 aromatic rings. The molecule has 35 heavy (non-hydrogen) atoms. The zero-order valence-electron chi connectivity index (χ0n) is 18.8. The van der Waals surface area contributed by atoms with Gasteiger partial charge in [0.25, 0.3) is 0 Å². The van der Waals surface area contributed by atoms with Crippen molar-refractivity contribution in [2.24, 2.45) is 0 Å². The molecule has 0 saturated carbocycles. The number of esters is 2. The largest absolute Gasteiger partial charge is 0.452 e. The molecule has 1 heterocycles. The molecular formula is C27H26O7S. The third-order valence-corrected chi connectivity index (χ3v) is 6.00. The molecule has 0 unspecified atom stereocenters. The number of hydrogen-bond acceptors (Lipinski definition) is 8. The van der Waals surface area contributed by atoms with Gasteiger partial charge < -0.3 is 24.1 Å². The van der Waals surface area contributed by atoms with Gasteiger partial charge in [0.15, 0.2) is 12.2 Å². The number of aliphatic hydroxyl groups is 1. The molecule has 0 aromatic heterocycles. The maximum absolute atomic E-state index is 13.0. The second-order valence-electron chi connectivity index (χ2n) is 7.98. The van der Waals surface area contributed by atoms with Gasteiger partial charge in [-0.15, -0.1) is 12.6 Å². The number of aliphatic hydroxyl groups excluding tert-OH is 1. The highest BCUT2D eigenvalue weighted by atomic mass is 32.1. The first-order chi connectivity index (χ1) is 17.1. The van der Waals surface area contributed by atoms with Gasteiger partial charge in [-0.1, -0.05) is 66.7 Å². The average molecular weight is 495 g/mol. The topological polar surface area (TPSA) is 91.3 Å². The second-order valence-corrected chi connectivity index (χ2v) is 8.49. The number of benzene rings is 3. The number of ether oxygens (including phenoxy) is 4. The van der Waals surface area contributed by atoms with E-state index in [1.807, 2.05) is 30.3 Å². The fraction of sp³-hybridized carbons (Fsp3) is 0.259. The van der Waals surface area contributed by atoms with Gasteiger partial charge in [-0.2, -0.15) is 0 Å². The maximum Gasteiger partial charge on any atom is 0.338 e. The summed E-state index contributed by atoms with van der Waals surface area (Å²) in [4.78, 5) is 25.8. The van der Waals surface area contributed by atoms with Crippen LogP contribution in [0.2, 0.25) is 0 Å². The predicted molar refractivity (Wildman–Crippen MR) is 131 cm³/mol. The molecule has 0 bridgehead atoms. The van der Waals surface area contributed by atoms with Crippen LogP contribution in [0.25, 0.3) is 0 Å². The van der Waals surface area contributed by atoms with Crippen molar-refractivity contribution in [3.63, 3.8) is 0 Å². The van der Waals surface area contributed by atoms with Crippen molar-refractivity contribution in [3.05, 3.63) is 108 Å². The molecule has 5 atom stereocenters. The Kier molecular flexibility index (Phi) is 8.54. The fourth-order valence-electron chi connectivity index (χ4n) is 3.80. The van der Waals surface area contributed by atoms with Gasteiger partial charge in [0.05, 0.1) is 24.3 Å². The monoisotopic (exact) mass is 494 g/mol. The molecule has 1 N–H and O–H groups in total. The van der Waals surface area contributed by atoms with Gasteiger partial charge in [-0.05, 0) is 29.8 Å². The van der Waals surface area contributed by atoms with Crippen LogP contribution in [0.3, 0.4) is 0 Å². The number of hydrogen-bond donors (Lipinski definition) is 2. The molecule has 0 radical (unpaired) electrons. The summed E-state index contributed by atoms with van der Waals surface area (Å²) >= 11 is 4.45. The highest BCUT2D eigenvalue weighted by Gasteiger charge is 2.50. The summed E-state index contributed by atoms with van der Waals surface area (Å²) in [6.45, 7) is -0.239. The molecule has 0 amide bonds. The van der Waals surface area contributed by atoms with Crippen LogP contribution in [-0.4, -0.2) is 53.5 Å². The van der Waals surface area contributed by atoms with Crippen molar-refractivity contribution in [1.29, 1.82) is 0 Å². The molecule has 7 nitrogen and oxygen atoms in total. The summed E-state index contributed by atoms with van der Waals surface area (Å²) in [5.74, 6) is -1.24. The normalized spacial score (nSPS) is 23.9. The highest BCUT2D eigenvalue weighted by Crippen LogP contribution is 2.31. The van der Waals surface area contributed by atoms with Crippen molar-refractivity contribution < 1.29 is 33.6 Å². The summed E-state index contributed by atoms with van der Waals surface area (Å²) in [7, 11) is 0. The Morgan fingerprint density at radius 2 is 1.23 bits per heavy atom. The van der Waals surface area contributed by atoms with Crippen LogP contribution in [-0.2, 0) is 25.6 Å². The van der Waals surface area contributed by atoms with E-state index in [1.54, 1.807) is 60.7 Å². The standard InChI is InChI=1S/C27H26O7S/c28-16-21-22(31-17-18-10-4-1-5-11-18)23(33-25(29)19-12-6-2-7-13-19)24(27(35)32-21)34-26(30)20-14-8-3-9-15-20/h1-15,21-24,27-28,35H,16-17H2/t21-,22-,23+,24-,27+/m1/s1. The molecule has 0 aliphatic carbocycles. The Morgan fingerprint density at radius 3 is 1.74 bits per heavy atom. The molecule has 1 saturated heterocycles. The summed E-state index contributed by atoms with van der Waals surface area (Å²) < 4.78 is 23.5. The van der Waals surface area contributed by atoms with E-state index in [4.69, 9.17) is 18.9 Å². The summed E-state index contributed by atoms with van der Waals surface area (Å²) in [6, 6.07) is 26.3. The van der Waals surface area contributed by atoms with Crippen molar-refractivity contribution in [1.82, 2.24) is 0 Å². The minimum Gasteiger partial charge on any atom is -0.452 e. The number of rotatable bonds is 8. The van der Waals surface area contributed by atoms with Gasteiger partial charge in [0.1, 0.15) is 17.6 Å². The lowest BCUT2D eigenvalue weighted by molar-refractivity contribution is -0.223. The Balaban J connectivity index is 1.62. The SMILES string of the molecule is O=C(O[C@@H]1[C@@H](OC(=O)c2ccccc2)[C@H](S)O[C@H](CO)[C@H]1OCc1ccccc1)c1ccccc1. The van der Waals surface area contributed by atoms with Crippen LogP contribution in [0.5, 0.6) is 0 Å². The summed E-state index contributed by atoms with van der Waals surface area (Å²) in [5, 5.41) is 10.0.